The molecule has 0 unspecified atom stereocenters. The molecule has 5 nitrogen and oxygen atoms in total. The Bertz CT molecular complexity index is 801. The monoisotopic (exact) mass is 301 g/mol. The fourth-order valence-corrected chi connectivity index (χ4v) is 2.61. The van der Waals surface area contributed by atoms with Crippen LogP contribution in [0.5, 0.6) is 11.5 Å². The van der Waals surface area contributed by atoms with Crippen LogP contribution in [0, 0.1) is 0 Å². The van der Waals surface area contributed by atoms with Gasteiger partial charge in [0.05, 0.1) is 16.1 Å². The van der Waals surface area contributed by atoms with Crippen LogP contribution in [0.3, 0.4) is 0 Å². The van der Waals surface area contributed by atoms with Crippen molar-refractivity contribution in [2.45, 2.75) is 0 Å². The zero-order valence-corrected chi connectivity index (χ0v) is 11.8. The molecule has 21 heavy (non-hydrogen) atoms. The Morgan fingerprint density at radius 1 is 1.10 bits per heavy atom. The topological polar surface area (TPSA) is 73.2 Å². The van der Waals surface area contributed by atoms with E-state index in [1.165, 1.54) is 0 Å². The number of halogens is 1. The predicted octanol–water partition coefficient (Wildman–Crippen LogP) is 3.24. The SMILES string of the molecule is Nc1ccc(Cl)c(-c2nc3cc4c(cc3[nH]2)OCCO4)c1. The van der Waals surface area contributed by atoms with Gasteiger partial charge in [0.1, 0.15) is 19.0 Å². The third-order valence-corrected chi connectivity index (χ3v) is 3.72. The Balaban J connectivity index is 1.88. The molecule has 0 bridgehead atoms. The van der Waals surface area contributed by atoms with Crippen LogP contribution in [0.2, 0.25) is 5.02 Å². The Morgan fingerprint density at radius 2 is 1.86 bits per heavy atom. The summed E-state index contributed by atoms with van der Waals surface area (Å²) in [7, 11) is 0. The van der Waals surface area contributed by atoms with Crippen molar-refractivity contribution in [2.24, 2.45) is 0 Å². The van der Waals surface area contributed by atoms with Crippen molar-refractivity contribution in [1.82, 2.24) is 9.97 Å². The lowest BCUT2D eigenvalue weighted by atomic mass is 10.2. The number of ether oxygens (including phenoxy) is 2. The van der Waals surface area contributed by atoms with E-state index >= 15 is 0 Å². The Kier molecular flexibility index (Phi) is 2.68. The number of benzene rings is 2. The van der Waals surface area contributed by atoms with E-state index in [1.54, 1.807) is 18.2 Å². The van der Waals surface area contributed by atoms with Gasteiger partial charge < -0.3 is 20.2 Å². The van der Waals surface area contributed by atoms with Gasteiger partial charge in [-0.25, -0.2) is 4.98 Å². The number of nitrogens with zero attached hydrogens (tertiary/aromatic N) is 1. The molecular weight excluding hydrogens is 290 g/mol. The highest BCUT2D eigenvalue weighted by molar-refractivity contribution is 6.33. The van der Waals surface area contributed by atoms with Gasteiger partial charge in [-0.3, -0.25) is 0 Å². The zero-order valence-electron chi connectivity index (χ0n) is 11.0. The molecule has 0 atom stereocenters. The van der Waals surface area contributed by atoms with Crippen LogP contribution >= 0.6 is 11.6 Å². The molecule has 0 saturated carbocycles. The average molecular weight is 302 g/mol. The van der Waals surface area contributed by atoms with Crippen molar-refractivity contribution >= 4 is 28.3 Å². The summed E-state index contributed by atoms with van der Waals surface area (Å²) in [4.78, 5) is 7.81. The number of nitrogens with one attached hydrogen (secondary N) is 1. The molecule has 0 aliphatic carbocycles. The molecule has 2 aromatic carbocycles. The number of rotatable bonds is 1. The maximum Gasteiger partial charge on any atom is 0.163 e. The quantitative estimate of drug-likeness (QED) is 0.677. The number of nitrogen functional groups attached to an aromatic ring is 1. The van der Waals surface area contributed by atoms with Crippen LogP contribution in [-0.4, -0.2) is 23.2 Å². The minimum Gasteiger partial charge on any atom is -0.486 e. The van der Waals surface area contributed by atoms with E-state index in [-0.39, 0.29) is 0 Å². The van der Waals surface area contributed by atoms with Crippen LogP contribution in [-0.2, 0) is 0 Å². The Morgan fingerprint density at radius 3 is 2.67 bits per heavy atom. The summed E-state index contributed by atoms with van der Waals surface area (Å²) in [5.74, 6) is 2.11. The van der Waals surface area contributed by atoms with Gasteiger partial charge in [0.25, 0.3) is 0 Å². The second-order valence-corrected chi connectivity index (χ2v) is 5.24. The van der Waals surface area contributed by atoms with E-state index in [4.69, 9.17) is 26.8 Å². The van der Waals surface area contributed by atoms with Gasteiger partial charge >= 0.3 is 0 Å². The van der Waals surface area contributed by atoms with E-state index < -0.39 is 0 Å². The first-order chi connectivity index (χ1) is 10.2. The van der Waals surface area contributed by atoms with Crippen LogP contribution < -0.4 is 15.2 Å². The molecular formula is C15H12ClN3O2. The normalized spacial score (nSPS) is 13.6. The standard InChI is InChI=1S/C15H12ClN3O2/c16-10-2-1-8(17)5-9(10)15-18-11-6-13-14(7-12(11)19-15)21-4-3-20-13/h1-2,5-7H,3-4,17H2,(H,18,19). The third kappa shape index (κ3) is 2.06. The average Bonchev–Trinajstić information content (AvgIpc) is 2.89. The van der Waals surface area contributed by atoms with Crippen molar-refractivity contribution in [3.05, 3.63) is 35.4 Å². The van der Waals surface area contributed by atoms with Crippen molar-refractivity contribution in [2.75, 3.05) is 18.9 Å². The second kappa shape index (κ2) is 4.56. The number of aromatic nitrogens is 2. The number of anilines is 1. The summed E-state index contributed by atoms with van der Waals surface area (Å²) < 4.78 is 11.1. The highest BCUT2D eigenvalue weighted by Gasteiger charge is 2.16. The Labute approximate surface area is 125 Å². The summed E-state index contributed by atoms with van der Waals surface area (Å²) in [5, 5.41) is 0.598. The van der Waals surface area contributed by atoms with Gasteiger partial charge in [-0.1, -0.05) is 11.6 Å². The number of hydrogen-bond acceptors (Lipinski definition) is 4. The van der Waals surface area contributed by atoms with E-state index in [0.717, 1.165) is 22.3 Å². The Hall–Kier alpha value is -2.40. The zero-order chi connectivity index (χ0) is 14.4. The van der Waals surface area contributed by atoms with Crippen molar-refractivity contribution in [3.8, 4) is 22.9 Å². The summed E-state index contributed by atoms with van der Waals surface area (Å²) in [6.45, 7) is 1.11. The summed E-state index contributed by atoms with van der Waals surface area (Å²) >= 11 is 6.22. The molecule has 1 aromatic heterocycles. The maximum absolute atomic E-state index is 6.22. The van der Waals surface area contributed by atoms with Gasteiger partial charge in [0.15, 0.2) is 11.5 Å². The van der Waals surface area contributed by atoms with Crippen molar-refractivity contribution in [1.29, 1.82) is 0 Å². The molecule has 3 aromatic rings. The first-order valence-corrected chi connectivity index (χ1v) is 6.93. The summed E-state index contributed by atoms with van der Waals surface area (Å²) in [6.07, 6.45) is 0. The lowest BCUT2D eigenvalue weighted by molar-refractivity contribution is 0.172. The second-order valence-electron chi connectivity index (χ2n) is 4.84. The minimum absolute atomic E-state index is 0.552. The molecule has 2 heterocycles. The van der Waals surface area contributed by atoms with E-state index in [9.17, 15) is 0 Å². The van der Waals surface area contributed by atoms with Gasteiger partial charge in [-0.2, -0.15) is 0 Å². The first kappa shape index (κ1) is 12.3. The molecule has 0 spiro atoms. The summed E-state index contributed by atoms with van der Waals surface area (Å²) in [5.41, 5.74) is 8.90. The van der Waals surface area contributed by atoms with Crippen LogP contribution in [0.1, 0.15) is 0 Å². The van der Waals surface area contributed by atoms with E-state index in [2.05, 4.69) is 9.97 Å². The number of H-pyrrole nitrogens is 1. The molecule has 0 amide bonds. The molecule has 0 fully saturated rings. The number of nitrogens with two attached hydrogens (primary N) is 1. The highest BCUT2D eigenvalue weighted by Crippen LogP contribution is 2.36. The van der Waals surface area contributed by atoms with E-state index in [0.29, 0.717) is 35.5 Å². The lowest BCUT2D eigenvalue weighted by Crippen LogP contribution is -2.15. The first-order valence-electron chi connectivity index (χ1n) is 6.55. The number of hydrogen-bond donors (Lipinski definition) is 2. The molecule has 0 radical (unpaired) electrons. The summed E-state index contributed by atoms with van der Waals surface area (Å²) in [6, 6.07) is 9.07. The fourth-order valence-electron chi connectivity index (χ4n) is 2.40. The van der Waals surface area contributed by atoms with E-state index in [1.807, 2.05) is 12.1 Å². The maximum atomic E-state index is 6.22. The molecule has 0 saturated heterocycles. The van der Waals surface area contributed by atoms with Crippen molar-refractivity contribution in [3.63, 3.8) is 0 Å². The molecule has 106 valence electrons. The number of aromatic amines is 1. The smallest absolute Gasteiger partial charge is 0.163 e. The highest BCUT2D eigenvalue weighted by atomic mass is 35.5. The van der Waals surface area contributed by atoms with Crippen LogP contribution in [0.15, 0.2) is 30.3 Å². The van der Waals surface area contributed by atoms with Gasteiger partial charge in [0, 0.05) is 23.4 Å². The van der Waals surface area contributed by atoms with Gasteiger partial charge in [-0.05, 0) is 18.2 Å². The van der Waals surface area contributed by atoms with Gasteiger partial charge in [0.2, 0.25) is 0 Å². The predicted molar refractivity (Wildman–Crippen MR) is 81.9 cm³/mol. The number of fused-ring (bicyclic) bond motifs is 2. The molecule has 6 heteroatoms. The molecule has 4 rings (SSSR count). The molecule has 1 aliphatic heterocycles. The minimum atomic E-state index is 0.552. The third-order valence-electron chi connectivity index (χ3n) is 3.39. The fraction of sp³-hybridized carbons (Fsp3) is 0.133. The molecule has 3 N–H and O–H groups in total. The van der Waals surface area contributed by atoms with Crippen molar-refractivity contribution < 1.29 is 9.47 Å². The van der Waals surface area contributed by atoms with Gasteiger partial charge in [-0.15, -0.1) is 0 Å². The number of imidazole rings is 1. The van der Waals surface area contributed by atoms with Crippen LogP contribution in [0.25, 0.3) is 22.4 Å². The largest absolute Gasteiger partial charge is 0.486 e. The lowest BCUT2D eigenvalue weighted by Gasteiger charge is -2.17. The molecule has 1 aliphatic rings. The van der Waals surface area contributed by atoms with Crippen LogP contribution in [0.4, 0.5) is 5.69 Å².